The van der Waals surface area contributed by atoms with E-state index >= 15 is 0 Å². The number of methoxy groups -OCH3 is 1. The molecule has 0 aliphatic heterocycles. The SMILES string of the molecule is COc1cccc(C[O-])c1.[K+]. The molecule has 1 rings (SSSR count). The van der Waals surface area contributed by atoms with Crippen LogP contribution in [0.4, 0.5) is 0 Å². The molecule has 0 aliphatic rings. The van der Waals surface area contributed by atoms with Crippen molar-refractivity contribution in [2.75, 3.05) is 7.11 Å². The number of rotatable bonds is 2. The Balaban J connectivity index is 0.000001000. The van der Waals surface area contributed by atoms with Gasteiger partial charge in [-0.25, -0.2) is 0 Å². The topological polar surface area (TPSA) is 32.3 Å². The Labute approximate surface area is 109 Å². The van der Waals surface area contributed by atoms with Gasteiger partial charge in [0.05, 0.1) is 7.11 Å². The van der Waals surface area contributed by atoms with Crippen molar-refractivity contribution in [2.45, 2.75) is 6.61 Å². The third-order valence-electron chi connectivity index (χ3n) is 1.30. The molecule has 0 atom stereocenters. The van der Waals surface area contributed by atoms with Gasteiger partial charge in [-0.15, -0.1) is 6.61 Å². The van der Waals surface area contributed by atoms with Crippen molar-refractivity contribution in [2.24, 2.45) is 0 Å². The Morgan fingerprint density at radius 3 is 2.73 bits per heavy atom. The maximum absolute atomic E-state index is 10.3. The number of ether oxygens (including phenoxy) is 1. The number of benzene rings is 1. The molecular weight excluding hydrogens is 167 g/mol. The van der Waals surface area contributed by atoms with Crippen molar-refractivity contribution in [1.29, 1.82) is 0 Å². The molecule has 0 unspecified atom stereocenters. The van der Waals surface area contributed by atoms with E-state index in [1.807, 2.05) is 12.1 Å². The van der Waals surface area contributed by atoms with E-state index in [1.54, 1.807) is 19.2 Å². The minimum atomic E-state index is -0.183. The third-order valence-corrected chi connectivity index (χ3v) is 1.30. The molecule has 3 heteroatoms. The molecule has 0 aromatic heterocycles. The van der Waals surface area contributed by atoms with E-state index in [9.17, 15) is 5.11 Å². The average molecular weight is 176 g/mol. The Morgan fingerprint density at radius 2 is 2.18 bits per heavy atom. The molecule has 0 radical (unpaired) electrons. The largest absolute Gasteiger partial charge is 1.00 e. The third kappa shape index (κ3) is 3.69. The Hall–Kier alpha value is 0.616. The fraction of sp³-hybridized carbons (Fsp3) is 0.250. The van der Waals surface area contributed by atoms with Crippen LogP contribution in [0.15, 0.2) is 24.3 Å². The summed E-state index contributed by atoms with van der Waals surface area (Å²) in [6.45, 7) is -0.183. The van der Waals surface area contributed by atoms with Gasteiger partial charge in [0.1, 0.15) is 5.75 Å². The molecule has 0 saturated heterocycles. The Morgan fingerprint density at radius 1 is 1.45 bits per heavy atom. The summed E-state index contributed by atoms with van der Waals surface area (Å²) in [5, 5.41) is 10.3. The predicted octanol–water partition coefficient (Wildman–Crippen LogP) is -2.44. The van der Waals surface area contributed by atoms with Gasteiger partial charge in [-0.3, -0.25) is 0 Å². The Bertz CT molecular complexity index is 194. The molecule has 0 spiro atoms. The molecule has 0 N–H and O–H groups in total. The van der Waals surface area contributed by atoms with Crippen LogP contribution in [0.2, 0.25) is 0 Å². The number of hydrogen-bond acceptors (Lipinski definition) is 2. The van der Waals surface area contributed by atoms with Crippen LogP contribution >= 0.6 is 0 Å². The van der Waals surface area contributed by atoms with E-state index in [4.69, 9.17) is 4.74 Å². The monoisotopic (exact) mass is 176 g/mol. The minimum absolute atomic E-state index is 0. The fourth-order valence-electron chi connectivity index (χ4n) is 0.762. The van der Waals surface area contributed by atoms with Crippen molar-refractivity contribution in [3.05, 3.63) is 29.8 Å². The van der Waals surface area contributed by atoms with E-state index in [0.717, 1.165) is 11.3 Å². The second-order valence-corrected chi connectivity index (χ2v) is 2.00. The van der Waals surface area contributed by atoms with Crippen LogP contribution in [-0.2, 0) is 6.61 Å². The van der Waals surface area contributed by atoms with Crippen LogP contribution in [0.3, 0.4) is 0 Å². The van der Waals surface area contributed by atoms with Crippen molar-refractivity contribution in [3.8, 4) is 5.75 Å². The molecule has 0 amide bonds. The molecule has 1 aromatic rings. The van der Waals surface area contributed by atoms with Crippen molar-refractivity contribution in [1.82, 2.24) is 0 Å². The van der Waals surface area contributed by atoms with Crippen LogP contribution in [0, 0.1) is 0 Å². The summed E-state index contributed by atoms with van der Waals surface area (Å²) in [7, 11) is 1.59. The molecule has 54 valence electrons. The molecule has 0 saturated carbocycles. The standard InChI is InChI=1S/C8H9O2.K/c1-10-8-4-2-3-7(5-8)6-9;/h2-5H,6H2,1H3;/q-1;+1. The second-order valence-electron chi connectivity index (χ2n) is 2.00. The smallest absolute Gasteiger partial charge is 0.851 e. The first-order chi connectivity index (χ1) is 4.86. The van der Waals surface area contributed by atoms with Gasteiger partial charge in [0, 0.05) is 0 Å². The van der Waals surface area contributed by atoms with Crippen molar-refractivity contribution in [3.63, 3.8) is 0 Å². The van der Waals surface area contributed by atoms with Crippen LogP contribution < -0.4 is 61.2 Å². The van der Waals surface area contributed by atoms with Crippen LogP contribution in [0.25, 0.3) is 0 Å². The van der Waals surface area contributed by atoms with Gasteiger partial charge in [0.2, 0.25) is 0 Å². The van der Waals surface area contributed by atoms with Crippen LogP contribution in [0.1, 0.15) is 5.56 Å². The summed E-state index contributed by atoms with van der Waals surface area (Å²) in [5.41, 5.74) is 0.763. The first-order valence-corrected chi connectivity index (χ1v) is 3.08. The van der Waals surface area contributed by atoms with Crippen molar-refractivity contribution >= 4 is 0 Å². The van der Waals surface area contributed by atoms with E-state index < -0.39 is 0 Å². The summed E-state index contributed by atoms with van der Waals surface area (Å²) in [5.74, 6) is 0.744. The maximum atomic E-state index is 10.3. The summed E-state index contributed by atoms with van der Waals surface area (Å²) in [6.07, 6.45) is 0. The van der Waals surface area contributed by atoms with E-state index in [-0.39, 0.29) is 58.0 Å². The van der Waals surface area contributed by atoms with Gasteiger partial charge < -0.3 is 9.84 Å². The first-order valence-electron chi connectivity index (χ1n) is 3.08. The molecular formula is C8H9KO2. The molecule has 0 bridgehead atoms. The minimum Gasteiger partial charge on any atom is -0.851 e. The summed E-state index contributed by atoms with van der Waals surface area (Å²) in [4.78, 5) is 0. The normalized spacial score (nSPS) is 8.55. The Kier molecular flexibility index (Phi) is 6.51. The van der Waals surface area contributed by atoms with Gasteiger partial charge in [-0.05, 0) is 12.1 Å². The summed E-state index contributed by atoms with van der Waals surface area (Å²) >= 11 is 0. The molecule has 0 aliphatic carbocycles. The molecule has 0 heterocycles. The quantitative estimate of drug-likeness (QED) is 0.469. The zero-order valence-corrected chi connectivity index (χ0v) is 9.96. The molecule has 2 nitrogen and oxygen atoms in total. The van der Waals surface area contributed by atoms with Gasteiger partial charge in [-0.1, -0.05) is 17.7 Å². The predicted molar refractivity (Wildman–Crippen MR) is 36.7 cm³/mol. The van der Waals surface area contributed by atoms with Crippen LogP contribution in [-0.4, -0.2) is 7.11 Å². The molecule has 1 aromatic carbocycles. The summed E-state index contributed by atoms with van der Waals surface area (Å²) in [6, 6.07) is 7.16. The van der Waals surface area contributed by atoms with Crippen LogP contribution in [0.5, 0.6) is 5.75 Å². The second kappa shape index (κ2) is 6.17. The van der Waals surface area contributed by atoms with Gasteiger partial charge in [-0.2, -0.15) is 0 Å². The van der Waals surface area contributed by atoms with Gasteiger partial charge in [0.15, 0.2) is 0 Å². The average Bonchev–Trinajstić information content (AvgIpc) is 2.05. The molecule has 0 fully saturated rings. The number of hydrogen-bond donors (Lipinski definition) is 0. The fourth-order valence-corrected chi connectivity index (χ4v) is 0.762. The summed E-state index contributed by atoms with van der Waals surface area (Å²) < 4.78 is 4.92. The first kappa shape index (κ1) is 11.6. The maximum Gasteiger partial charge on any atom is 1.00 e. The van der Waals surface area contributed by atoms with E-state index in [2.05, 4.69) is 0 Å². The zero-order chi connectivity index (χ0) is 7.40. The van der Waals surface area contributed by atoms with E-state index in [0.29, 0.717) is 0 Å². The molecule has 11 heavy (non-hydrogen) atoms. The zero-order valence-electron chi connectivity index (χ0n) is 6.83. The van der Waals surface area contributed by atoms with Gasteiger partial charge in [0.25, 0.3) is 0 Å². The van der Waals surface area contributed by atoms with Gasteiger partial charge >= 0.3 is 51.4 Å². The van der Waals surface area contributed by atoms with Crippen molar-refractivity contribution < 1.29 is 61.2 Å². The van der Waals surface area contributed by atoms with E-state index in [1.165, 1.54) is 0 Å².